The summed E-state index contributed by atoms with van der Waals surface area (Å²) >= 11 is 5.85. The number of aliphatic carboxylic acids is 1. The van der Waals surface area contributed by atoms with Crippen LogP contribution in [0.3, 0.4) is 0 Å². The normalized spacial score (nSPS) is 18.7. The van der Waals surface area contributed by atoms with Gasteiger partial charge >= 0.3 is 5.97 Å². The molecule has 1 aliphatic rings. The summed E-state index contributed by atoms with van der Waals surface area (Å²) in [6, 6.07) is 6.93. The predicted octanol–water partition coefficient (Wildman–Crippen LogP) is 3.14. The fourth-order valence-electron chi connectivity index (χ4n) is 3.43. The van der Waals surface area contributed by atoms with Gasteiger partial charge in [0.2, 0.25) is 5.91 Å². The van der Waals surface area contributed by atoms with E-state index in [1.165, 1.54) is 0 Å². The standard InChI is InChI=1S/C20H29ClN2O4/c1-15(23-11-3-4-16(14-23)5-10-19(24)25)20(26)22(2)12-13-27-18-8-6-17(21)7-9-18/h6-9,15-16H,3-5,10-14H2,1-2H3,(H,24,25). The topological polar surface area (TPSA) is 70.1 Å². The number of rotatable bonds is 9. The zero-order chi connectivity index (χ0) is 19.8. The molecule has 1 aromatic carbocycles. The molecule has 0 radical (unpaired) electrons. The number of nitrogens with zero attached hydrogens (tertiary/aromatic N) is 2. The third kappa shape index (κ3) is 7.03. The second kappa shape index (κ2) is 10.5. The maximum absolute atomic E-state index is 12.7. The molecule has 0 aliphatic carbocycles. The largest absolute Gasteiger partial charge is 0.492 e. The molecule has 0 saturated carbocycles. The van der Waals surface area contributed by atoms with Gasteiger partial charge < -0.3 is 14.7 Å². The third-order valence-corrected chi connectivity index (χ3v) is 5.36. The first kappa shape index (κ1) is 21.5. The molecule has 2 unspecified atom stereocenters. The van der Waals surface area contributed by atoms with E-state index in [9.17, 15) is 9.59 Å². The van der Waals surface area contributed by atoms with Crippen LogP contribution < -0.4 is 4.74 Å². The van der Waals surface area contributed by atoms with Crippen molar-refractivity contribution in [2.75, 3.05) is 33.3 Å². The molecule has 0 aromatic heterocycles. The number of likely N-dealkylation sites (N-methyl/N-ethyl adjacent to an activating group) is 1. The van der Waals surface area contributed by atoms with Crippen LogP contribution in [0.2, 0.25) is 5.02 Å². The molecule has 1 N–H and O–H groups in total. The maximum atomic E-state index is 12.7. The van der Waals surface area contributed by atoms with Crippen molar-refractivity contribution in [3.05, 3.63) is 29.3 Å². The quantitative estimate of drug-likeness (QED) is 0.694. The summed E-state index contributed by atoms with van der Waals surface area (Å²) in [7, 11) is 1.79. The number of carboxylic acid groups (broad SMARTS) is 1. The number of carbonyl (C=O) groups is 2. The molecule has 1 fully saturated rings. The molecule has 0 bridgehead atoms. The van der Waals surface area contributed by atoms with E-state index in [1.807, 2.05) is 6.92 Å². The Labute approximate surface area is 166 Å². The average Bonchev–Trinajstić information content (AvgIpc) is 2.67. The summed E-state index contributed by atoms with van der Waals surface area (Å²) in [6.07, 6.45) is 2.92. The number of carboxylic acids is 1. The SMILES string of the molecule is CC(C(=O)N(C)CCOc1ccc(Cl)cc1)N1CCCC(CCC(=O)O)C1. The van der Waals surface area contributed by atoms with Gasteiger partial charge in [-0.1, -0.05) is 11.6 Å². The Kier molecular flexibility index (Phi) is 8.38. The summed E-state index contributed by atoms with van der Waals surface area (Å²) < 4.78 is 5.66. The van der Waals surface area contributed by atoms with Gasteiger partial charge in [-0.15, -0.1) is 0 Å². The lowest BCUT2D eigenvalue weighted by molar-refractivity contribution is -0.138. The van der Waals surface area contributed by atoms with E-state index in [0.29, 0.717) is 30.5 Å². The van der Waals surface area contributed by atoms with Crippen molar-refractivity contribution >= 4 is 23.5 Å². The molecule has 1 heterocycles. The number of carbonyl (C=O) groups excluding carboxylic acids is 1. The van der Waals surface area contributed by atoms with Crippen molar-refractivity contribution in [3.8, 4) is 5.75 Å². The number of halogens is 1. The number of hydrogen-bond acceptors (Lipinski definition) is 4. The Bertz CT molecular complexity index is 623. The first-order valence-electron chi connectivity index (χ1n) is 9.46. The molecule has 1 amide bonds. The average molecular weight is 397 g/mol. The predicted molar refractivity (Wildman–Crippen MR) is 105 cm³/mol. The molecule has 6 nitrogen and oxygen atoms in total. The Morgan fingerprint density at radius 1 is 1.37 bits per heavy atom. The van der Waals surface area contributed by atoms with Crippen LogP contribution in [-0.2, 0) is 9.59 Å². The minimum Gasteiger partial charge on any atom is -0.492 e. The van der Waals surface area contributed by atoms with Crippen molar-refractivity contribution < 1.29 is 19.4 Å². The molecule has 2 rings (SSSR count). The highest BCUT2D eigenvalue weighted by molar-refractivity contribution is 6.30. The highest BCUT2D eigenvalue weighted by Crippen LogP contribution is 2.23. The smallest absolute Gasteiger partial charge is 0.303 e. The van der Waals surface area contributed by atoms with E-state index in [4.69, 9.17) is 21.4 Å². The van der Waals surface area contributed by atoms with Crippen LogP contribution >= 0.6 is 11.6 Å². The van der Waals surface area contributed by atoms with Gasteiger partial charge in [0.05, 0.1) is 12.6 Å². The Hall–Kier alpha value is -1.79. The molecule has 7 heteroatoms. The Morgan fingerprint density at radius 2 is 2.07 bits per heavy atom. The van der Waals surface area contributed by atoms with Crippen molar-refractivity contribution in [3.63, 3.8) is 0 Å². The van der Waals surface area contributed by atoms with Crippen LogP contribution in [0.25, 0.3) is 0 Å². The van der Waals surface area contributed by atoms with E-state index in [-0.39, 0.29) is 18.4 Å². The van der Waals surface area contributed by atoms with Crippen LogP contribution in [0.4, 0.5) is 0 Å². The van der Waals surface area contributed by atoms with E-state index >= 15 is 0 Å². The zero-order valence-electron chi connectivity index (χ0n) is 16.1. The molecule has 1 aromatic rings. The van der Waals surface area contributed by atoms with Gasteiger partial charge in [-0.3, -0.25) is 14.5 Å². The molecule has 1 aliphatic heterocycles. The van der Waals surface area contributed by atoms with Gasteiger partial charge in [0.25, 0.3) is 0 Å². The number of amides is 1. The zero-order valence-corrected chi connectivity index (χ0v) is 16.8. The number of benzene rings is 1. The second-order valence-corrected chi connectivity index (χ2v) is 7.61. The monoisotopic (exact) mass is 396 g/mol. The van der Waals surface area contributed by atoms with Crippen LogP contribution in [0.15, 0.2) is 24.3 Å². The molecule has 0 spiro atoms. The fraction of sp³-hybridized carbons (Fsp3) is 0.600. The second-order valence-electron chi connectivity index (χ2n) is 7.17. The van der Waals surface area contributed by atoms with Crippen LogP contribution in [0, 0.1) is 5.92 Å². The minimum atomic E-state index is -0.753. The maximum Gasteiger partial charge on any atom is 0.303 e. The van der Waals surface area contributed by atoms with Gasteiger partial charge in [-0.2, -0.15) is 0 Å². The summed E-state index contributed by atoms with van der Waals surface area (Å²) in [4.78, 5) is 27.4. The molecule has 27 heavy (non-hydrogen) atoms. The molecule has 2 atom stereocenters. The van der Waals surface area contributed by atoms with E-state index in [2.05, 4.69) is 4.90 Å². The Morgan fingerprint density at radius 3 is 2.74 bits per heavy atom. The van der Waals surface area contributed by atoms with Crippen LogP contribution in [0.5, 0.6) is 5.75 Å². The summed E-state index contributed by atoms with van der Waals surface area (Å²) in [5, 5.41) is 9.52. The number of likely N-dealkylation sites (tertiary alicyclic amines) is 1. The van der Waals surface area contributed by atoms with E-state index in [0.717, 1.165) is 31.7 Å². The van der Waals surface area contributed by atoms with E-state index < -0.39 is 5.97 Å². The number of ether oxygens (including phenoxy) is 1. The van der Waals surface area contributed by atoms with Gasteiger partial charge in [0, 0.05) is 25.0 Å². The minimum absolute atomic E-state index is 0.0635. The van der Waals surface area contributed by atoms with Gasteiger partial charge in [0.1, 0.15) is 12.4 Å². The van der Waals surface area contributed by atoms with Crippen molar-refractivity contribution in [2.24, 2.45) is 5.92 Å². The van der Waals surface area contributed by atoms with Crippen LogP contribution in [0.1, 0.15) is 32.6 Å². The van der Waals surface area contributed by atoms with Crippen LogP contribution in [-0.4, -0.2) is 66.1 Å². The first-order valence-corrected chi connectivity index (χ1v) is 9.83. The van der Waals surface area contributed by atoms with E-state index in [1.54, 1.807) is 36.2 Å². The summed E-state index contributed by atoms with van der Waals surface area (Å²) in [5.74, 6) is 0.388. The highest BCUT2D eigenvalue weighted by Gasteiger charge is 2.29. The first-order chi connectivity index (χ1) is 12.9. The molecular weight excluding hydrogens is 368 g/mol. The highest BCUT2D eigenvalue weighted by atomic mass is 35.5. The lowest BCUT2D eigenvalue weighted by Gasteiger charge is -2.37. The van der Waals surface area contributed by atoms with Crippen molar-refractivity contribution in [1.29, 1.82) is 0 Å². The number of hydrogen-bond donors (Lipinski definition) is 1. The van der Waals surface area contributed by atoms with Gasteiger partial charge in [0.15, 0.2) is 0 Å². The number of piperidine rings is 1. The summed E-state index contributed by atoms with van der Waals surface area (Å²) in [5.41, 5.74) is 0. The lowest BCUT2D eigenvalue weighted by Crippen LogP contribution is -2.50. The molecule has 150 valence electrons. The van der Waals surface area contributed by atoms with Gasteiger partial charge in [-0.25, -0.2) is 0 Å². The van der Waals surface area contributed by atoms with Gasteiger partial charge in [-0.05, 0) is 62.9 Å². The fourth-order valence-corrected chi connectivity index (χ4v) is 3.55. The lowest BCUT2D eigenvalue weighted by atomic mass is 9.92. The summed E-state index contributed by atoms with van der Waals surface area (Å²) in [6.45, 7) is 4.51. The van der Waals surface area contributed by atoms with Crippen molar-refractivity contribution in [1.82, 2.24) is 9.80 Å². The molecular formula is C20H29ClN2O4. The third-order valence-electron chi connectivity index (χ3n) is 5.11. The molecule has 1 saturated heterocycles. The Balaban J connectivity index is 1.77. The van der Waals surface area contributed by atoms with Crippen molar-refractivity contribution in [2.45, 2.75) is 38.6 Å².